The number of nitrogens with zero attached hydrogens (tertiary/aromatic N) is 5. The van der Waals surface area contributed by atoms with Gasteiger partial charge in [0.15, 0.2) is 5.82 Å². The number of hydrogen-bond donors (Lipinski definition) is 2. The number of carbonyl (C=O) groups is 1. The summed E-state index contributed by atoms with van der Waals surface area (Å²) in [4.78, 5) is 21.2. The number of hydrogen-bond acceptors (Lipinski definition) is 7. The molecule has 0 aliphatic heterocycles. The Bertz CT molecular complexity index is 1270. The molecule has 0 spiro atoms. The minimum Gasteiger partial charge on any atom is -0.369 e. The minimum absolute atomic E-state index is 0.0502. The van der Waals surface area contributed by atoms with Crippen molar-refractivity contribution in [1.82, 2.24) is 24.9 Å². The molecule has 3 aromatic heterocycles. The Labute approximate surface area is 186 Å². The fraction of sp³-hybridized carbons (Fsp3) is 0.348. The summed E-state index contributed by atoms with van der Waals surface area (Å²) >= 11 is 0. The molecule has 0 aliphatic carbocycles. The second-order valence-electron chi connectivity index (χ2n) is 8.75. The van der Waals surface area contributed by atoms with Gasteiger partial charge in [0, 0.05) is 61.3 Å². The van der Waals surface area contributed by atoms with Crippen molar-refractivity contribution in [3.8, 4) is 11.4 Å². The molecule has 4 aromatic rings. The zero-order chi connectivity index (χ0) is 22.9. The van der Waals surface area contributed by atoms with Crippen LogP contribution in [0.4, 0.5) is 11.6 Å². The van der Waals surface area contributed by atoms with E-state index in [2.05, 4.69) is 51.6 Å². The first-order chi connectivity index (χ1) is 15.2. The molecule has 166 valence electrons. The van der Waals surface area contributed by atoms with Gasteiger partial charge in [0.1, 0.15) is 5.82 Å². The van der Waals surface area contributed by atoms with Crippen molar-refractivity contribution in [3.63, 3.8) is 0 Å². The van der Waals surface area contributed by atoms with Crippen LogP contribution in [0.3, 0.4) is 0 Å². The van der Waals surface area contributed by atoms with E-state index in [1.807, 2.05) is 37.4 Å². The Morgan fingerprint density at radius 2 is 2.00 bits per heavy atom. The van der Waals surface area contributed by atoms with Gasteiger partial charge in [0.2, 0.25) is 17.6 Å². The van der Waals surface area contributed by atoms with E-state index in [0.29, 0.717) is 29.9 Å². The van der Waals surface area contributed by atoms with Gasteiger partial charge >= 0.3 is 0 Å². The molecule has 0 atom stereocenters. The number of amides is 1. The Hall–Kier alpha value is -3.75. The van der Waals surface area contributed by atoms with E-state index >= 15 is 0 Å². The topological polar surface area (TPSA) is 111 Å². The summed E-state index contributed by atoms with van der Waals surface area (Å²) in [6.07, 6.45) is 2.02. The van der Waals surface area contributed by atoms with Crippen molar-refractivity contribution in [2.45, 2.75) is 39.5 Å². The van der Waals surface area contributed by atoms with Crippen molar-refractivity contribution < 1.29 is 9.32 Å². The summed E-state index contributed by atoms with van der Waals surface area (Å²) in [7, 11) is 1.88. The van der Waals surface area contributed by atoms with Crippen LogP contribution >= 0.6 is 0 Å². The van der Waals surface area contributed by atoms with Gasteiger partial charge in [0.05, 0.1) is 0 Å². The molecule has 0 radical (unpaired) electrons. The monoisotopic (exact) mass is 433 g/mol. The number of carbonyl (C=O) groups excluding carboxylic acids is 1. The van der Waals surface area contributed by atoms with E-state index in [4.69, 9.17) is 4.52 Å². The van der Waals surface area contributed by atoms with Gasteiger partial charge in [-0.05, 0) is 17.5 Å². The van der Waals surface area contributed by atoms with Crippen molar-refractivity contribution >= 4 is 28.3 Å². The van der Waals surface area contributed by atoms with Crippen LogP contribution in [0.15, 0.2) is 41.1 Å². The number of anilines is 2. The second kappa shape index (κ2) is 8.41. The molecule has 32 heavy (non-hydrogen) atoms. The fourth-order valence-electron chi connectivity index (χ4n) is 3.59. The summed E-state index contributed by atoms with van der Waals surface area (Å²) in [5, 5.41) is 16.5. The second-order valence-corrected chi connectivity index (χ2v) is 8.75. The average Bonchev–Trinajstić information content (AvgIpc) is 3.33. The number of fused-ring (bicyclic) bond motifs is 1. The molecule has 0 saturated heterocycles. The third-order valence-electron chi connectivity index (χ3n) is 5.11. The van der Waals surface area contributed by atoms with Crippen LogP contribution in [0.2, 0.25) is 0 Å². The van der Waals surface area contributed by atoms with Gasteiger partial charge in [-0.15, -0.1) is 0 Å². The molecule has 0 fully saturated rings. The van der Waals surface area contributed by atoms with Crippen LogP contribution in [-0.2, 0) is 17.3 Å². The van der Waals surface area contributed by atoms with Crippen molar-refractivity contribution in [2.75, 3.05) is 17.2 Å². The van der Waals surface area contributed by atoms with E-state index in [-0.39, 0.29) is 17.7 Å². The highest BCUT2D eigenvalue weighted by molar-refractivity contribution is 5.95. The van der Waals surface area contributed by atoms with Gasteiger partial charge in [-0.2, -0.15) is 10.1 Å². The number of nitrogens with one attached hydrogen (secondary N) is 2. The first-order valence-corrected chi connectivity index (χ1v) is 10.5. The van der Waals surface area contributed by atoms with Crippen molar-refractivity contribution in [1.29, 1.82) is 0 Å². The van der Waals surface area contributed by atoms with Crippen LogP contribution in [0.25, 0.3) is 22.2 Å². The van der Waals surface area contributed by atoms with E-state index in [1.54, 1.807) is 17.8 Å². The smallest absolute Gasteiger partial charge is 0.227 e. The summed E-state index contributed by atoms with van der Waals surface area (Å²) in [5.74, 6) is 2.19. The lowest BCUT2D eigenvalue weighted by atomic mass is 9.92. The summed E-state index contributed by atoms with van der Waals surface area (Å²) in [6.45, 7) is 8.53. The van der Waals surface area contributed by atoms with E-state index in [0.717, 1.165) is 22.0 Å². The van der Waals surface area contributed by atoms with Crippen molar-refractivity contribution in [3.05, 3.63) is 48.1 Å². The lowest BCUT2D eigenvalue weighted by molar-refractivity contribution is -0.116. The number of aryl methyl sites for hydroxylation is 2. The van der Waals surface area contributed by atoms with Crippen molar-refractivity contribution in [2.24, 2.45) is 7.05 Å². The highest BCUT2D eigenvalue weighted by Gasteiger charge is 2.20. The highest BCUT2D eigenvalue weighted by atomic mass is 16.5. The van der Waals surface area contributed by atoms with Gasteiger partial charge in [-0.3, -0.25) is 9.48 Å². The number of rotatable bonds is 6. The van der Waals surface area contributed by atoms with Gasteiger partial charge in [-0.25, -0.2) is 4.98 Å². The molecule has 1 amide bonds. The molecule has 0 bridgehead atoms. The molecule has 9 heteroatoms. The summed E-state index contributed by atoms with van der Waals surface area (Å²) in [5.41, 5.74) is 1.84. The van der Waals surface area contributed by atoms with E-state index in [1.165, 1.54) is 0 Å². The largest absolute Gasteiger partial charge is 0.369 e. The number of pyridine rings is 1. The lowest BCUT2D eigenvalue weighted by Gasteiger charge is -2.17. The number of aromatic nitrogens is 5. The molecular weight excluding hydrogens is 406 g/mol. The summed E-state index contributed by atoms with van der Waals surface area (Å²) in [6, 6.07) is 9.76. The van der Waals surface area contributed by atoms with Crippen LogP contribution in [-0.4, -0.2) is 37.4 Å². The van der Waals surface area contributed by atoms with E-state index in [9.17, 15) is 4.79 Å². The molecule has 4 rings (SSSR count). The predicted molar refractivity (Wildman–Crippen MR) is 123 cm³/mol. The maximum absolute atomic E-state index is 12.4. The Morgan fingerprint density at radius 1 is 1.19 bits per heavy atom. The lowest BCUT2D eigenvalue weighted by Crippen LogP contribution is -2.17. The highest BCUT2D eigenvalue weighted by Crippen LogP contribution is 2.27. The van der Waals surface area contributed by atoms with Crippen LogP contribution in [0.5, 0.6) is 0 Å². The molecule has 2 N–H and O–H groups in total. The maximum atomic E-state index is 12.4. The van der Waals surface area contributed by atoms with E-state index < -0.39 is 0 Å². The molecule has 0 unspecified atom stereocenters. The molecule has 1 aromatic carbocycles. The Balaban J connectivity index is 1.42. The van der Waals surface area contributed by atoms with Gasteiger partial charge in [-0.1, -0.05) is 38.1 Å². The Kier molecular flexibility index (Phi) is 5.65. The van der Waals surface area contributed by atoms with Crippen LogP contribution in [0, 0.1) is 6.92 Å². The third-order valence-corrected chi connectivity index (χ3v) is 5.11. The zero-order valence-electron chi connectivity index (χ0n) is 18.9. The average molecular weight is 434 g/mol. The minimum atomic E-state index is -0.112. The summed E-state index contributed by atoms with van der Waals surface area (Å²) < 4.78 is 6.89. The van der Waals surface area contributed by atoms with Crippen LogP contribution in [0.1, 0.15) is 38.8 Å². The maximum Gasteiger partial charge on any atom is 0.227 e. The quantitative estimate of drug-likeness (QED) is 0.472. The number of benzene rings is 1. The third kappa shape index (κ3) is 4.61. The first kappa shape index (κ1) is 21.5. The molecular formula is C23H27N7O2. The SMILES string of the molecule is Cc1nc(-c2ccc3ccnc(NCCC(=O)Nc4cc(C(C)(C)C)n(C)n4)c3c2)no1. The van der Waals surface area contributed by atoms with Crippen LogP contribution < -0.4 is 10.6 Å². The standard InChI is InChI=1S/C23H27N7O2/c1-14-26-21(29-32-14)16-7-6-15-8-10-24-22(17(15)12-16)25-11-9-20(31)27-19-13-18(23(2,3)4)30(5)28-19/h6-8,10,12-13H,9,11H2,1-5H3,(H,24,25)(H,27,28,31). The molecule has 3 heterocycles. The van der Waals surface area contributed by atoms with Gasteiger partial charge < -0.3 is 15.2 Å². The molecule has 0 aliphatic rings. The molecule has 9 nitrogen and oxygen atoms in total. The molecule has 0 saturated carbocycles. The normalized spacial score (nSPS) is 11.7. The van der Waals surface area contributed by atoms with Gasteiger partial charge in [0.25, 0.3) is 0 Å². The zero-order valence-corrected chi connectivity index (χ0v) is 18.9. The first-order valence-electron chi connectivity index (χ1n) is 10.5. The fourth-order valence-corrected chi connectivity index (χ4v) is 3.59. The predicted octanol–water partition coefficient (Wildman–Crippen LogP) is 4.06. The Morgan fingerprint density at radius 3 is 2.69 bits per heavy atom.